The highest BCUT2D eigenvalue weighted by Gasteiger charge is 2.26. The standard InChI is InChI=1S/C25H19N3OS2/c1-29-17-5-2-15(3-6-17)20-13-30-25-12-19-21(8-9-26-22(19)11-18(20)25)28-16-4-7-24-23(10-16)27-14-31-24/h2-12,14,20H,13H2,1H3,(H,26,28). The molecule has 0 spiro atoms. The topological polar surface area (TPSA) is 47.0 Å². The molecule has 1 unspecified atom stereocenters. The molecule has 0 aliphatic carbocycles. The van der Waals surface area contributed by atoms with E-state index >= 15 is 0 Å². The van der Waals surface area contributed by atoms with E-state index in [1.807, 2.05) is 41.7 Å². The molecule has 3 aromatic carbocycles. The van der Waals surface area contributed by atoms with Gasteiger partial charge in [0, 0.05) is 39.5 Å². The summed E-state index contributed by atoms with van der Waals surface area (Å²) in [5, 5.41) is 4.72. The quantitative estimate of drug-likeness (QED) is 0.331. The Hall–Kier alpha value is -3.09. The lowest BCUT2D eigenvalue weighted by atomic mass is 9.92. The number of rotatable bonds is 4. The third kappa shape index (κ3) is 3.32. The van der Waals surface area contributed by atoms with Gasteiger partial charge in [0.1, 0.15) is 5.75 Å². The fourth-order valence-electron chi connectivity index (χ4n) is 4.16. The van der Waals surface area contributed by atoms with Gasteiger partial charge in [-0.2, -0.15) is 0 Å². The number of hydrogen-bond acceptors (Lipinski definition) is 6. The molecule has 0 radical (unpaired) electrons. The van der Waals surface area contributed by atoms with Crippen LogP contribution < -0.4 is 10.1 Å². The van der Waals surface area contributed by atoms with E-state index in [9.17, 15) is 0 Å². The normalized spacial score (nSPS) is 15.3. The number of hydrogen-bond donors (Lipinski definition) is 1. The van der Waals surface area contributed by atoms with Crippen LogP contribution in [0.15, 0.2) is 77.3 Å². The van der Waals surface area contributed by atoms with Crippen molar-refractivity contribution < 1.29 is 4.74 Å². The second-order valence-corrected chi connectivity index (χ2v) is 9.51. The minimum atomic E-state index is 0.376. The van der Waals surface area contributed by atoms with Gasteiger partial charge >= 0.3 is 0 Å². The van der Waals surface area contributed by atoms with E-state index in [0.717, 1.165) is 39.3 Å². The number of aromatic nitrogens is 2. The minimum Gasteiger partial charge on any atom is -0.497 e. The summed E-state index contributed by atoms with van der Waals surface area (Å²) in [5.74, 6) is 2.31. The van der Waals surface area contributed by atoms with Crippen molar-refractivity contribution in [1.29, 1.82) is 0 Å². The SMILES string of the molecule is COc1ccc(C2CSc3cc4c(Nc5ccc6scnc6c5)ccnc4cc32)cc1. The number of methoxy groups -OCH3 is 1. The molecule has 0 fully saturated rings. The Morgan fingerprint density at radius 2 is 1.87 bits per heavy atom. The average Bonchev–Trinajstić information content (AvgIpc) is 3.44. The second kappa shape index (κ2) is 7.55. The molecular formula is C25H19N3OS2. The van der Waals surface area contributed by atoms with Gasteiger partial charge < -0.3 is 10.1 Å². The molecule has 152 valence electrons. The average molecular weight is 442 g/mol. The Balaban J connectivity index is 1.38. The molecule has 1 aliphatic rings. The zero-order chi connectivity index (χ0) is 20.8. The van der Waals surface area contributed by atoms with E-state index < -0.39 is 0 Å². The molecule has 0 amide bonds. The van der Waals surface area contributed by atoms with Crippen molar-refractivity contribution >= 4 is 55.6 Å². The highest BCUT2D eigenvalue weighted by Crippen LogP contribution is 2.45. The van der Waals surface area contributed by atoms with Crippen LogP contribution in [0.3, 0.4) is 0 Å². The summed E-state index contributed by atoms with van der Waals surface area (Å²) in [5.41, 5.74) is 8.70. The summed E-state index contributed by atoms with van der Waals surface area (Å²) in [6.07, 6.45) is 1.88. The first-order valence-electron chi connectivity index (χ1n) is 10.1. The first-order valence-corrected chi connectivity index (χ1v) is 11.9. The number of thiazole rings is 1. The summed E-state index contributed by atoms with van der Waals surface area (Å²) in [4.78, 5) is 10.4. The predicted octanol–water partition coefficient (Wildman–Crippen LogP) is 6.83. The second-order valence-electron chi connectivity index (χ2n) is 7.56. The van der Waals surface area contributed by atoms with Gasteiger partial charge in [-0.05, 0) is 59.7 Å². The number of nitrogens with one attached hydrogen (secondary N) is 1. The number of fused-ring (bicyclic) bond motifs is 3. The minimum absolute atomic E-state index is 0.376. The number of nitrogens with zero attached hydrogens (tertiary/aromatic N) is 2. The highest BCUT2D eigenvalue weighted by molar-refractivity contribution is 7.99. The Labute approximate surface area is 188 Å². The third-order valence-electron chi connectivity index (χ3n) is 5.78. The van der Waals surface area contributed by atoms with Crippen molar-refractivity contribution in [2.24, 2.45) is 0 Å². The number of pyridine rings is 1. The smallest absolute Gasteiger partial charge is 0.118 e. The summed E-state index contributed by atoms with van der Waals surface area (Å²) >= 11 is 3.58. The van der Waals surface area contributed by atoms with E-state index in [1.54, 1.807) is 18.4 Å². The maximum atomic E-state index is 5.31. The van der Waals surface area contributed by atoms with Crippen LogP contribution in [-0.4, -0.2) is 22.8 Å². The lowest BCUT2D eigenvalue weighted by Gasteiger charge is -2.14. The van der Waals surface area contributed by atoms with Gasteiger partial charge in [-0.15, -0.1) is 23.1 Å². The summed E-state index contributed by atoms with van der Waals surface area (Å²) < 4.78 is 6.51. The fraction of sp³-hybridized carbons (Fsp3) is 0.120. The molecule has 0 saturated heterocycles. The maximum Gasteiger partial charge on any atom is 0.118 e. The molecule has 3 heterocycles. The van der Waals surface area contributed by atoms with Gasteiger partial charge in [-0.1, -0.05) is 12.1 Å². The van der Waals surface area contributed by atoms with E-state index in [0.29, 0.717) is 5.92 Å². The first-order chi connectivity index (χ1) is 15.3. The lowest BCUT2D eigenvalue weighted by molar-refractivity contribution is 0.414. The third-order valence-corrected chi connectivity index (χ3v) is 7.76. The monoisotopic (exact) mass is 441 g/mol. The Morgan fingerprint density at radius 3 is 2.74 bits per heavy atom. The summed E-state index contributed by atoms with van der Waals surface area (Å²) in [6, 6.07) is 21.3. The van der Waals surface area contributed by atoms with Crippen molar-refractivity contribution in [3.05, 3.63) is 83.5 Å². The van der Waals surface area contributed by atoms with Crippen molar-refractivity contribution in [3.8, 4) is 5.75 Å². The van der Waals surface area contributed by atoms with Gasteiger partial charge in [-0.25, -0.2) is 4.98 Å². The summed E-state index contributed by atoms with van der Waals surface area (Å²) in [6.45, 7) is 0. The van der Waals surface area contributed by atoms with Gasteiger partial charge in [0.2, 0.25) is 0 Å². The fourth-order valence-corrected chi connectivity index (χ4v) is 6.11. The zero-order valence-electron chi connectivity index (χ0n) is 16.8. The van der Waals surface area contributed by atoms with Crippen LogP contribution in [0, 0.1) is 0 Å². The molecule has 0 bridgehead atoms. The van der Waals surface area contributed by atoms with Gasteiger partial charge in [0.25, 0.3) is 0 Å². The van der Waals surface area contributed by atoms with Crippen LogP contribution in [0.25, 0.3) is 21.1 Å². The number of thioether (sulfide) groups is 1. The highest BCUT2D eigenvalue weighted by atomic mass is 32.2. The van der Waals surface area contributed by atoms with Gasteiger partial charge in [0.05, 0.1) is 28.4 Å². The zero-order valence-corrected chi connectivity index (χ0v) is 18.5. The molecule has 6 heteroatoms. The van der Waals surface area contributed by atoms with Crippen LogP contribution in [0.1, 0.15) is 17.0 Å². The van der Waals surface area contributed by atoms with Crippen molar-refractivity contribution in [3.63, 3.8) is 0 Å². The molecule has 6 rings (SSSR count). The first kappa shape index (κ1) is 18.7. The molecule has 1 aliphatic heterocycles. The van der Waals surface area contributed by atoms with Crippen molar-refractivity contribution in [1.82, 2.24) is 9.97 Å². The van der Waals surface area contributed by atoms with Crippen molar-refractivity contribution in [2.75, 3.05) is 18.2 Å². The molecule has 5 aromatic rings. The largest absolute Gasteiger partial charge is 0.497 e. The van der Waals surface area contributed by atoms with E-state index in [2.05, 4.69) is 57.7 Å². The Bertz CT molecular complexity index is 1410. The number of benzene rings is 3. The van der Waals surface area contributed by atoms with Crippen LogP contribution in [0.2, 0.25) is 0 Å². The van der Waals surface area contributed by atoms with Crippen LogP contribution in [0.4, 0.5) is 11.4 Å². The Kier molecular flexibility index (Phi) is 4.55. The van der Waals surface area contributed by atoms with Crippen LogP contribution in [-0.2, 0) is 0 Å². The molecular weight excluding hydrogens is 422 g/mol. The molecule has 31 heavy (non-hydrogen) atoms. The number of anilines is 2. The lowest BCUT2D eigenvalue weighted by Crippen LogP contribution is -2.00. The maximum absolute atomic E-state index is 5.31. The van der Waals surface area contributed by atoms with Crippen molar-refractivity contribution in [2.45, 2.75) is 10.8 Å². The predicted molar refractivity (Wildman–Crippen MR) is 130 cm³/mol. The van der Waals surface area contributed by atoms with E-state index in [1.165, 1.54) is 20.7 Å². The molecule has 1 N–H and O–H groups in total. The van der Waals surface area contributed by atoms with Gasteiger partial charge in [-0.3, -0.25) is 4.98 Å². The van der Waals surface area contributed by atoms with Gasteiger partial charge in [0.15, 0.2) is 0 Å². The van der Waals surface area contributed by atoms with E-state index in [-0.39, 0.29) is 0 Å². The van der Waals surface area contributed by atoms with Crippen LogP contribution >= 0.6 is 23.1 Å². The number of ether oxygens (including phenoxy) is 1. The van der Waals surface area contributed by atoms with Crippen LogP contribution in [0.5, 0.6) is 5.75 Å². The molecule has 0 saturated carbocycles. The molecule has 1 atom stereocenters. The molecule has 4 nitrogen and oxygen atoms in total. The molecule has 2 aromatic heterocycles. The summed E-state index contributed by atoms with van der Waals surface area (Å²) in [7, 11) is 1.70. The van der Waals surface area contributed by atoms with E-state index in [4.69, 9.17) is 4.74 Å². The Morgan fingerprint density at radius 1 is 0.968 bits per heavy atom.